The molecule has 2 aromatic carbocycles. The Morgan fingerprint density at radius 2 is 1.69 bits per heavy atom. The highest BCUT2D eigenvalue weighted by atomic mass is 16.5. The monoisotopic (exact) mass is 355 g/mol. The molecule has 0 radical (unpaired) electrons. The number of rotatable bonds is 8. The van der Waals surface area contributed by atoms with Gasteiger partial charge in [0.05, 0.1) is 24.8 Å². The lowest BCUT2D eigenvalue weighted by Crippen LogP contribution is -2.31. The summed E-state index contributed by atoms with van der Waals surface area (Å²) in [4.78, 5) is 24.0. The minimum atomic E-state index is -0.415. The molecule has 0 aromatic heterocycles. The van der Waals surface area contributed by atoms with E-state index in [2.05, 4.69) is 5.32 Å². The van der Waals surface area contributed by atoms with Gasteiger partial charge in [0.1, 0.15) is 0 Å². The zero-order valence-electron chi connectivity index (χ0n) is 15.1. The van der Waals surface area contributed by atoms with Crippen molar-refractivity contribution in [2.24, 2.45) is 0 Å². The molecule has 0 heterocycles. The molecule has 0 aliphatic rings. The fraction of sp³-hybridized carbons (Fsp3) is 0.333. The van der Waals surface area contributed by atoms with E-state index >= 15 is 0 Å². The van der Waals surface area contributed by atoms with Gasteiger partial charge in [-0.25, -0.2) is 4.79 Å². The number of hydrogen-bond donors (Lipinski definition) is 2. The second kappa shape index (κ2) is 9.73. The first kappa shape index (κ1) is 19.7. The normalized spacial score (nSPS) is 12.9. The molecule has 0 bridgehead atoms. The number of aliphatic hydroxyl groups excluding tert-OH is 1. The lowest BCUT2D eigenvalue weighted by Gasteiger charge is -2.18. The molecule has 2 aromatic rings. The van der Waals surface area contributed by atoms with Crippen molar-refractivity contribution in [2.75, 3.05) is 13.2 Å². The Morgan fingerprint density at radius 1 is 1.04 bits per heavy atom. The predicted octanol–water partition coefficient (Wildman–Crippen LogP) is 3.21. The second-order valence-electron chi connectivity index (χ2n) is 6.16. The van der Waals surface area contributed by atoms with Gasteiger partial charge in [-0.15, -0.1) is 0 Å². The molecular weight excluding hydrogens is 330 g/mol. The standard InChI is InChI=1S/C21H25NO4/c1-3-26-21(25)18-11-9-16(10-12-18)15(2)13-20(24)22-19(14-23)17-7-5-4-6-8-17/h4-12,15,19,23H,3,13-14H2,1-2H3,(H,22,24). The van der Waals surface area contributed by atoms with Crippen LogP contribution in [0.1, 0.15) is 53.7 Å². The van der Waals surface area contributed by atoms with E-state index in [1.807, 2.05) is 49.4 Å². The van der Waals surface area contributed by atoms with E-state index in [1.54, 1.807) is 19.1 Å². The predicted molar refractivity (Wildman–Crippen MR) is 99.8 cm³/mol. The summed E-state index contributed by atoms with van der Waals surface area (Å²) in [6, 6.07) is 16.1. The summed E-state index contributed by atoms with van der Waals surface area (Å²) in [7, 11) is 0. The van der Waals surface area contributed by atoms with Gasteiger partial charge in [-0.05, 0) is 36.1 Å². The van der Waals surface area contributed by atoms with E-state index in [1.165, 1.54) is 0 Å². The first-order chi connectivity index (χ1) is 12.5. The maximum Gasteiger partial charge on any atom is 0.338 e. The number of esters is 1. The molecule has 2 N–H and O–H groups in total. The maximum absolute atomic E-state index is 12.3. The summed E-state index contributed by atoms with van der Waals surface area (Å²) in [6.07, 6.45) is 0.294. The molecular formula is C21H25NO4. The van der Waals surface area contributed by atoms with Crippen LogP contribution in [-0.2, 0) is 9.53 Å². The molecule has 2 rings (SSSR count). The van der Waals surface area contributed by atoms with Gasteiger partial charge in [0, 0.05) is 6.42 Å². The summed E-state index contributed by atoms with van der Waals surface area (Å²) in [5.74, 6) is -0.491. The minimum absolute atomic E-state index is 0.0126. The van der Waals surface area contributed by atoms with Crippen LogP contribution in [0.2, 0.25) is 0 Å². The Labute approximate surface area is 154 Å². The molecule has 5 heteroatoms. The molecule has 0 saturated heterocycles. The Morgan fingerprint density at radius 3 is 2.27 bits per heavy atom. The third kappa shape index (κ3) is 5.43. The first-order valence-corrected chi connectivity index (χ1v) is 8.77. The van der Waals surface area contributed by atoms with Crippen LogP contribution in [0, 0.1) is 0 Å². The van der Waals surface area contributed by atoms with Gasteiger partial charge in [0.25, 0.3) is 0 Å². The third-order valence-corrected chi connectivity index (χ3v) is 4.20. The lowest BCUT2D eigenvalue weighted by molar-refractivity contribution is -0.122. The highest BCUT2D eigenvalue weighted by Gasteiger charge is 2.17. The molecule has 0 aliphatic carbocycles. The summed E-state index contributed by atoms with van der Waals surface area (Å²) < 4.78 is 4.96. The minimum Gasteiger partial charge on any atom is -0.462 e. The van der Waals surface area contributed by atoms with E-state index in [4.69, 9.17) is 4.74 Å². The largest absolute Gasteiger partial charge is 0.462 e. The van der Waals surface area contributed by atoms with Crippen molar-refractivity contribution >= 4 is 11.9 Å². The number of nitrogens with one attached hydrogen (secondary N) is 1. The Balaban J connectivity index is 1.94. The smallest absolute Gasteiger partial charge is 0.338 e. The number of carbonyl (C=O) groups excluding carboxylic acids is 2. The Kier molecular flexibility index (Phi) is 7.36. The third-order valence-electron chi connectivity index (χ3n) is 4.20. The van der Waals surface area contributed by atoms with Crippen molar-refractivity contribution in [2.45, 2.75) is 32.2 Å². The quantitative estimate of drug-likeness (QED) is 0.713. The van der Waals surface area contributed by atoms with Crippen molar-refractivity contribution in [1.82, 2.24) is 5.32 Å². The molecule has 5 nitrogen and oxygen atoms in total. The Bertz CT molecular complexity index is 713. The van der Waals surface area contributed by atoms with Crippen LogP contribution in [0.4, 0.5) is 0 Å². The van der Waals surface area contributed by atoms with E-state index in [9.17, 15) is 14.7 Å². The molecule has 0 spiro atoms. The highest BCUT2D eigenvalue weighted by molar-refractivity contribution is 5.89. The van der Waals surface area contributed by atoms with Crippen molar-refractivity contribution < 1.29 is 19.4 Å². The summed E-state index contributed by atoms with van der Waals surface area (Å²) in [6.45, 7) is 3.90. The number of aliphatic hydroxyl groups is 1. The molecule has 0 aliphatic heterocycles. The molecule has 2 unspecified atom stereocenters. The van der Waals surface area contributed by atoms with E-state index < -0.39 is 6.04 Å². The molecule has 0 saturated carbocycles. The van der Waals surface area contributed by atoms with Crippen LogP contribution in [0.5, 0.6) is 0 Å². The van der Waals surface area contributed by atoms with Gasteiger partial charge in [0.15, 0.2) is 0 Å². The van der Waals surface area contributed by atoms with Crippen LogP contribution in [0.3, 0.4) is 0 Å². The number of carbonyl (C=O) groups is 2. The van der Waals surface area contributed by atoms with Crippen molar-refractivity contribution in [3.05, 3.63) is 71.3 Å². The van der Waals surface area contributed by atoms with Crippen LogP contribution in [0.15, 0.2) is 54.6 Å². The average Bonchev–Trinajstić information content (AvgIpc) is 2.67. The van der Waals surface area contributed by atoms with Crippen molar-refractivity contribution in [3.8, 4) is 0 Å². The topological polar surface area (TPSA) is 75.6 Å². The lowest BCUT2D eigenvalue weighted by atomic mass is 9.96. The SMILES string of the molecule is CCOC(=O)c1ccc(C(C)CC(=O)NC(CO)c2ccccc2)cc1. The molecule has 1 amide bonds. The fourth-order valence-electron chi connectivity index (χ4n) is 2.73. The highest BCUT2D eigenvalue weighted by Crippen LogP contribution is 2.21. The second-order valence-corrected chi connectivity index (χ2v) is 6.16. The number of amides is 1. The molecule has 2 atom stereocenters. The number of benzene rings is 2. The zero-order chi connectivity index (χ0) is 18.9. The fourth-order valence-corrected chi connectivity index (χ4v) is 2.73. The van der Waals surface area contributed by atoms with Gasteiger partial charge in [-0.3, -0.25) is 4.79 Å². The number of ether oxygens (including phenoxy) is 1. The molecule has 138 valence electrons. The van der Waals surface area contributed by atoms with E-state index in [0.29, 0.717) is 18.6 Å². The first-order valence-electron chi connectivity index (χ1n) is 8.77. The molecule has 26 heavy (non-hydrogen) atoms. The van der Waals surface area contributed by atoms with E-state index in [-0.39, 0.29) is 24.4 Å². The van der Waals surface area contributed by atoms with Gasteiger partial charge < -0.3 is 15.2 Å². The maximum atomic E-state index is 12.3. The Hall–Kier alpha value is -2.66. The summed E-state index contributed by atoms with van der Waals surface area (Å²) in [5, 5.41) is 12.4. The van der Waals surface area contributed by atoms with Crippen LogP contribution < -0.4 is 5.32 Å². The van der Waals surface area contributed by atoms with Crippen LogP contribution in [-0.4, -0.2) is 30.2 Å². The van der Waals surface area contributed by atoms with Crippen molar-refractivity contribution in [3.63, 3.8) is 0 Å². The molecule has 0 fully saturated rings. The summed E-state index contributed by atoms with van der Waals surface area (Å²) >= 11 is 0. The van der Waals surface area contributed by atoms with Gasteiger partial charge >= 0.3 is 5.97 Å². The van der Waals surface area contributed by atoms with Gasteiger partial charge in [-0.2, -0.15) is 0 Å². The van der Waals surface area contributed by atoms with E-state index in [0.717, 1.165) is 11.1 Å². The van der Waals surface area contributed by atoms with Gasteiger partial charge in [-0.1, -0.05) is 49.4 Å². The van der Waals surface area contributed by atoms with Crippen LogP contribution >= 0.6 is 0 Å². The van der Waals surface area contributed by atoms with Crippen LogP contribution in [0.25, 0.3) is 0 Å². The van der Waals surface area contributed by atoms with Crippen molar-refractivity contribution in [1.29, 1.82) is 0 Å². The average molecular weight is 355 g/mol. The summed E-state index contributed by atoms with van der Waals surface area (Å²) in [5.41, 5.74) is 2.33. The van der Waals surface area contributed by atoms with Gasteiger partial charge in [0.2, 0.25) is 5.91 Å². The number of hydrogen-bond acceptors (Lipinski definition) is 4. The zero-order valence-corrected chi connectivity index (χ0v) is 15.1.